The fourth-order valence-corrected chi connectivity index (χ4v) is 3.15. The third-order valence-corrected chi connectivity index (χ3v) is 4.65. The Bertz CT molecular complexity index is 857. The molecule has 2 aromatic heterocycles. The number of thiazole rings is 1. The smallest absolute Gasteiger partial charge is 0.355 e. The highest BCUT2D eigenvalue weighted by atomic mass is 32.1. The van der Waals surface area contributed by atoms with E-state index >= 15 is 0 Å². The third kappa shape index (κ3) is 3.51. The van der Waals surface area contributed by atoms with Crippen LogP contribution in [-0.2, 0) is 0 Å². The summed E-state index contributed by atoms with van der Waals surface area (Å²) in [5.74, 6) is 0.524. The SMILES string of the molecule is Cc1ccc(C(C)C)c(OC(=O)c2cnc(-c3ccncc3)s2)c1. The van der Waals surface area contributed by atoms with E-state index in [2.05, 4.69) is 23.8 Å². The first-order valence-corrected chi connectivity index (χ1v) is 8.55. The van der Waals surface area contributed by atoms with Crippen molar-refractivity contribution in [2.75, 3.05) is 0 Å². The number of aryl methyl sites for hydroxylation is 1. The Kier molecular flexibility index (Phi) is 4.71. The van der Waals surface area contributed by atoms with Gasteiger partial charge in [-0.15, -0.1) is 11.3 Å². The lowest BCUT2D eigenvalue weighted by Crippen LogP contribution is -2.08. The van der Waals surface area contributed by atoms with E-state index in [1.54, 1.807) is 18.6 Å². The zero-order chi connectivity index (χ0) is 17.1. The topological polar surface area (TPSA) is 52.1 Å². The van der Waals surface area contributed by atoms with E-state index < -0.39 is 0 Å². The van der Waals surface area contributed by atoms with Crippen molar-refractivity contribution in [3.63, 3.8) is 0 Å². The van der Waals surface area contributed by atoms with Gasteiger partial charge in [-0.3, -0.25) is 4.98 Å². The predicted octanol–water partition coefficient (Wildman–Crippen LogP) is 4.86. The maximum absolute atomic E-state index is 12.5. The van der Waals surface area contributed by atoms with Gasteiger partial charge in [0.2, 0.25) is 0 Å². The van der Waals surface area contributed by atoms with E-state index in [-0.39, 0.29) is 11.9 Å². The molecule has 3 rings (SSSR count). The van der Waals surface area contributed by atoms with Crippen LogP contribution in [0, 0.1) is 6.92 Å². The average Bonchev–Trinajstić information content (AvgIpc) is 3.05. The van der Waals surface area contributed by atoms with Crippen molar-refractivity contribution in [3.05, 3.63) is 64.9 Å². The van der Waals surface area contributed by atoms with Crippen LogP contribution in [0.5, 0.6) is 5.75 Å². The minimum atomic E-state index is -0.375. The summed E-state index contributed by atoms with van der Waals surface area (Å²) in [4.78, 5) is 21.3. The van der Waals surface area contributed by atoms with Crippen LogP contribution < -0.4 is 4.74 Å². The molecular formula is C19H18N2O2S. The first-order valence-electron chi connectivity index (χ1n) is 7.73. The van der Waals surface area contributed by atoms with Gasteiger partial charge in [0.1, 0.15) is 15.6 Å². The fourth-order valence-electron chi connectivity index (χ4n) is 2.35. The van der Waals surface area contributed by atoms with Gasteiger partial charge in [0.05, 0.1) is 6.20 Å². The van der Waals surface area contributed by atoms with Crippen LogP contribution in [-0.4, -0.2) is 15.9 Å². The number of esters is 1. The standard InChI is InChI=1S/C19H18N2O2S/c1-12(2)15-5-4-13(3)10-16(15)23-19(22)17-11-21-18(24-17)14-6-8-20-9-7-14/h4-12H,1-3H3. The lowest BCUT2D eigenvalue weighted by molar-refractivity contribution is 0.0737. The predicted molar refractivity (Wildman–Crippen MR) is 95.6 cm³/mol. The van der Waals surface area contributed by atoms with Gasteiger partial charge in [0.25, 0.3) is 0 Å². The van der Waals surface area contributed by atoms with Gasteiger partial charge in [0, 0.05) is 18.0 Å². The Morgan fingerprint density at radius 1 is 1.17 bits per heavy atom. The summed E-state index contributed by atoms with van der Waals surface area (Å²) >= 11 is 1.32. The zero-order valence-electron chi connectivity index (χ0n) is 13.8. The molecule has 2 heterocycles. The van der Waals surface area contributed by atoms with E-state index in [4.69, 9.17) is 4.74 Å². The molecule has 122 valence electrons. The van der Waals surface area contributed by atoms with Crippen molar-refractivity contribution < 1.29 is 9.53 Å². The molecule has 0 fully saturated rings. The number of aromatic nitrogens is 2. The van der Waals surface area contributed by atoms with Crippen LogP contribution in [0.1, 0.15) is 40.6 Å². The van der Waals surface area contributed by atoms with Gasteiger partial charge in [0.15, 0.2) is 0 Å². The summed E-state index contributed by atoms with van der Waals surface area (Å²) in [5.41, 5.74) is 3.02. The van der Waals surface area contributed by atoms with E-state index in [0.29, 0.717) is 10.6 Å². The summed E-state index contributed by atoms with van der Waals surface area (Å²) < 4.78 is 5.64. The lowest BCUT2D eigenvalue weighted by Gasteiger charge is -2.13. The van der Waals surface area contributed by atoms with Crippen LogP contribution in [0.3, 0.4) is 0 Å². The van der Waals surface area contributed by atoms with Crippen molar-refractivity contribution in [1.29, 1.82) is 0 Å². The molecule has 0 aliphatic rings. The highest BCUT2D eigenvalue weighted by Gasteiger charge is 2.17. The second-order valence-corrected chi connectivity index (χ2v) is 6.88. The molecule has 0 saturated heterocycles. The maximum atomic E-state index is 12.5. The summed E-state index contributed by atoms with van der Waals surface area (Å²) in [7, 11) is 0. The highest BCUT2D eigenvalue weighted by molar-refractivity contribution is 7.16. The van der Waals surface area contributed by atoms with Crippen LogP contribution in [0.4, 0.5) is 0 Å². The van der Waals surface area contributed by atoms with E-state index in [1.165, 1.54) is 11.3 Å². The Morgan fingerprint density at radius 2 is 1.92 bits per heavy atom. The molecule has 3 aromatic rings. The average molecular weight is 338 g/mol. The van der Waals surface area contributed by atoms with Crippen molar-refractivity contribution in [3.8, 4) is 16.3 Å². The van der Waals surface area contributed by atoms with Gasteiger partial charge >= 0.3 is 5.97 Å². The molecule has 0 saturated carbocycles. The number of carbonyl (C=O) groups excluding carboxylic acids is 1. The molecule has 0 aliphatic heterocycles. The first-order chi connectivity index (χ1) is 11.5. The number of benzene rings is 1. The molecule has 5 heteroatoms. The molecule has 24 heavy (non-hydrogen) atoms. The van der Waals surface area contributed by atoms with E-state index in [9.17, 15) is 4.79 Å². The number of rotatable bonds is 4. The molecule has 0 radical (unpaired) electrons. The van der Waals surface area contributed by atoms with Crippen LogP contribution >= 0.6 is 11.3 Å². The molecule has 4 nitrogen and oxygen atoms in total. The molecule has 0 bridgehead atoms. The minimum Gasteiger partial charge on any atom is -0.422 e. The summed E-state index contributed by atoms with van der Waals surface area (Å²) in [6, 6.07) is 9.67. The third-order valence-electron chi connectivity index (χ3n) is 3.63. The Hall–Kier alpha value is -2.53. The Morgan fingerprint density at radius 3 is 2.62 bits per heavy atom. The van der Waals surface area contributed by atoms with Crippen molar-refractivity contribution >= 4 is 17.3 Å². The number of pyridine rings is 1. The van der Waals surface area contributed by atoms with Crippen molar-refractivity contribution in [1.82, 2.24) is 9.97 Å². The number of hydrogen-bond donors (Lipinski definition) is 0. The fraction of sp³-hybridized carbons (Fsp3) is 0.211. The molecule has 0 atom stereocenters. The zero-order valence-corrected chi connectivity index (χ0v) is 14.6. The molecule has 0 unspecified atom stereocenters. The maximum Gasteiger partial charge on any atom is 0.355 e. The minimum absolute atomic E-state index is 0.280. The van der Waals surface area contributed by atoms with E-state index in [1.807, 2.05) is 37.3 Å². The lowest BCUT2D eigenvalue weighted by atomic mass is 10.0. The second kappa shape index (κ2) is 6.93. The Labute approximate surface area is 145 Å². The number of nitrogens with zero attached hydrogens (tertiary/aromatic N) is 2. The first kappa shape index (κ1) is 16.3. The number of hydrogen-bond acceptors (Lipinski definition) is 5. The quantitative estimate of drug-likeness (QED) is 0.504. The molecule has 0 spiro atoms. The molecule has 1 aromatic carbocycles. The van der Waals surface area contributed by atoms with Crippen molar-refractivity contribution in [2.24, 2.45) is 0 Å². The molecule has 0 amide bonds. The summed E-state index contributed by atoms with van der Waals surface area (Å²) in [6.07, 6.45) is 4.97. The number of carbonyl (C=O) groups is 1. The van der Waals surface area contributed by atoms with Gasteiger partial charge in [-0.05, 0) is 42.2 Å². The summed E-state index contributed by atoms with van der Waals surface area (Å²) in [6.45, 7) is 6.14. The van der Waals surface area contributed by atoms with Crippen LogP contribution in [0.2, 0.25) is 0 Å². The van der Waals surface area contributed by atoms with Gasteiger partial charge in [-0.25, -0.2) is 9.78 Å². The number of ether oxygens (including phenoxy) is 1. The molecule has 0 aliphatic carbocycles. The summed E-state index contributed by atoms with van der Waals surface area (Å²) in [5, 5.41) is 0.776. The largest absolute Gasteiger partial charge is 0.422 e. The van der Waals surface area contributed by atoms with E-state index in [0.717, 1.165) is 21.7 Å². The van der Waals surface area contributed by atoms with Gasteiger partial charge in [-0.2, -0.15) is 0 Å². The van der Waals surface area contributed by atoms with Crippen LogP contribution in [0.15, 0.2) is 48.9 Å². The monoisotopic (exact) mass is 338 g/mol. The highest BCUT2D eigenvalue weighted by Crippen LogP contribution is 2.30. The Balaban J connectivity index is 1.84. The second-order valence-electron chi connectivity index (χ2n) is 5.85. The molecule has 0 N–H and O–H groups in total. The molecular weight excluding hydrogens is 320 g/mol. The van der Waals surface area contributed by atoms with Crippen LogP contribution in [0.25, 0.3) is 10.6 Å². The van der Waals surface area contributed by atoms with Crippen molar-refractivity contribution in [2.45, 2.75) is 26.7 Å². The normalized spacial score (nSPS) is 10.8. The van der Waals surface area contributed by atoms with Gasteiger partial charge < -0.3 is 4.74 Å². The van der Waals surface area contributed by atoms with Gasteiger partial charge in [-0.1, -0.05) is 26.0 Å².